The number of aryl methyl sites for hydroxylation is 2. The monoisotopic (exact) mass is 301 g/mol. The summed E-state index contributed by atoms with van der Waals surface area (Å²) in [6.07, 6.45) is 4.78. The zero-order chi connectivity index (χ0) is 15.8. The number of carbonyl (C=O) groups is 1. The second-order valence-corrected chi connectivity index (χ2v) is 8.01. The molecular weight excluding hydrogens is 279 g/mol. The van der Waals surface area contributed by atoms with Gasteiger partial charge in [0.15, 0.2) is 5.31 Å². The van der Waals surface area contributed by atoms with Gasteiger partial charge in [0.05, 0.1) is 5.56 Å². The Hall–Kier alpha value is -1.53. The van der Waals surface area contributed by atoms with Gasteiger partial charge < -0.3 is 0 Å². The van der Waals surface area contributed by atoms with Crippen LogP contribution in [-0.2, 0) is 4.57 Å². The van der Waals surface area contributed by atoms with Crippen molar-refractivity contribution in [3.63, 3.8) is 0 Å². The molecule has 3 heteroatoms. The highest BCUT2D eigenvalue weighted by Gasteiger charge is 2.39. The third-order valence-corrected chi connectivity index (χ3v) is 5.51. The van der Waals surface area contributed by atoms with Crippen molar-refractivity contribution >= 4 is 13.3 Å². The summed E-state index contributed by atoms with van der Waals surface area (Å²) in [6.45, 7) is 10.1. The smallest absolute Gasteiger partial charge is 0.234 e. The van der Waals surface area contributed by atoms with E-state index in [1.54, 1.807) is 0 Å². The summed E-state index contributed by atoms with van der Waals surface area (Å²) in [6, 6.07) is 5.71. The minimum atomic E-state index is -2.05. The van der Waals surface area contributed by atoms with Crippen molar-refractivity contribution in [2.75, 3.05) is 0 Å². The molecule has 2 nitrogen and oxygen atoms in total. The van der Waals surface area contributed by atoms with E-state index >= 15 is 0 Å². The molecule has 0 N–H and O–H groups in total. The number of rotatable bonds is 3. The van der Waals surface area contributed by atoms with Crippen LogP contribution in [0.3, 0.4) is 0 Å². The molecule has 1 atom stereocenters. The fourth-order valence-corrected chi connectivity index (χ4v) is 4.29. The first kappa shape index (κ1) is 15.9. The first-order valence-corrected chi connectivity index (χ1v) is 8.46. The minimum Gasteiger partial charge on any atom is -0.234 e. The van der Waals surface area contributed by atoms with Gasteiger partial charge in [0.2, 0.25) is 0 Å². The van der Waals surface area contributed by atoms with Crippen molar-refractivity contribution in [2.24, 2.45) is 5.41 Å². The van der Waals surface area contributed by atoms with Crippen LogP contribution in [0.1, 0.15) is 48.7 Å². The summed E-state index contributed by atoms with van der Waals surface area (Å²) in [5, 5.41) is 0.706. The van der Waals surface area contributed by atoms with Crippen LogP contribution in [0.15, 0.2) is 41.2 Å². The van der Waals surface area contributed by atoms with Crippen LogP contribution in [-0.4, -0.2) is 5.52 Å². The lowest BCUT2D eigenvalue weighted by atomic mass is 9.82. The molecule has 0 saturated heterocycles. The van der Waals surface area contributed by atoms with Gasteiger partial charge in [-0.2, -0.15) is 0 Å². The maximum Gasteiger partial charge on any atom is 0.458 e. The molecule has 0 aliphatic heterocycles. The van der Waals surface area contributed by atoms with E-state index in [0.717, 1.165) is 23.1 Å². The first-order chi connectivity index (χ1) is 9.73. The molecule has 0 radical (unpaired) electrons. The second kappa shape index (κ2) is 5.69. The molecule has 0 spiro atoms. The number of allylic oxidation sites excluding steroid dienone is 4. The number of benzene rings is 1. The van der Waals surface area contributed by atoms with Crippen LogP contribution < -0.4 is 0 Å². The molecule has 1 aliphatic rings. The maximum atomic E-state index is 12.7. The maximum absolute atomic E-state index is 12.7. The third kappa shape index (κ3) is 3.22. The number of carbonyl (C=O) groups excluding carboxylic acids is 1. The summed E-state index contributed by atoms with van der Waals surface area (Å²) < 4.78 is 12.7. The summed E-state index contributed by atoms with van der Waals surface area (Å²) >= 11 is 0. The van der Waals surface area contributed by atoms with Crippen molar-refractivity contribution in [3.8, 4) is 0 Å². The molecule has 0 bridgehead atoms. The molecule has 1 unspecified atom stereocenters. The predicted molar refractivity (Wildman–Crippen MR) is 88.1 cm³/mol. The lowest BCUT2D eigenvalue weighted by Crippen LogP contribution is -2.12. The van der Waals surface area contributed by atoms with Crippen LogP contribution in [0.4, 0.5) is 0 Å². The largest absolute Gasteiger partial charge is 0.458 e. The Morgan fingerprint density at radius 1 is 1.14 bits per heavy atom. The van der Waals surface area contributed by atoms with E-state index in [1.165, 1.54) is 0 Å². The van der Waals surface area contributed by atoms with Crippen molar-refractivity contribution in [3.05, 3.63) is 57.9 Å². The highest BCUT2D eigenvalue weighted by atomic mass is 31.1. The molecule has 1 aromatic rings. The van der Waals surface area contributed by atoms with Crippen molar-refractivity contribution in [1.82, 2.24) is 0 Å². The molecule has 0 amide bonds. The Morgan fingerprint density at radius 2 is 1.71 bits per heavy atom. The predicted octanol–water partition coefficient (Wildman–Crippen LogP) is 5.53. The molecular formula is C18H22O2P+. The first-order valence-electron chi connectivity index (χ1n) is 7.20. The quantitative estimate of drug-likeness (QED) is 0.688. The highest BCUT2D eigenvalue weighted by molar-refractivity contribution is 7.68. The van der Waals surface area contributed by atoms with Crippen LogP contribution in [0.5, 0.6) is 0 Å². The Labute approximate surface area is 127 Å². The van der Waals surface area contributed by atoms with E-state index < -0.39 is 7.80 Å². The summed E-state index contributed by atoms with van der Waals surface area (Å²) in [5.41, 5.74) is 3.27. The van der Waals surface area contributed by atoms with Gasteiger partial charge in [0, 0.05) is 0 Å². The summed E-state index contributed by atoms with van der Waals surface area (Å²) in [5.74, 6) is 0. The Kier molecular flexibility index (Phi) is 4.30. The van der Waals surface area contributed by atoms with Crippen molar-refractivity contribution in [2.45, 2.75) is 41.0 Å². The van der Waals surface area contributed by atoms with Gasteiger partial charge in [-0.25, -0.2) is 4.79 Å². The van der Waals surface area contributed by atoms with Gasteiger partial charge in [0.1, 0.15) is 0 Å². The molecule has 0 saturated carbocycles. The SMILES string of the molecule is CC1=C([P+](=O)C(=O)c2c(C)cccc2C)C=CC(C)(C)C1. The van der Waals surface area contributed by atoms with Crippen LogP contribution in [0, 0.1) is 19.3 Å². The Morgan fingerprint density at radius 3 is 2.24 bits per heavy atom. The van der Waals surface area contributed by atoms with E-state index in [2.05, 4.69) is 19.9 Å². The van der Waals surface area contributed by atoms with Crippen LogP contribution >= 0.6 is 7.80 Å². The van der Waals surface area contributed by atoms with Gasteiger partial charge >= 0.3 is 13.3 Å². The lowest BCUT2D eigenvalue weighted by molar-refractivity contribution is 0.107. The Bertz CT molecular complexity index is 658. The van der Waals surface area contributed by atoms with E-state index in [4.69, 9.17) is 0 Å². The normalized spacial score (nSPS) is 17.9. The van der Waals surface area contributed by atoms with E-state index in [-0.39, 0.29) is 10.9 Å². The van der Waals surface area contributed by atoms with Gasteiger partial charge in [-0.1, -0.05) is 42.7 Å². The molecule has 1 aromatic carbocycles. The van der Waals surface area contributed by atoms with E-state index in [0.29, 0.717) is 10.9 Å². The third-order valence-electron chi connectivity index (χ3n) is 3.95. The van der Waals surface area contributed by atoms with Crippen LogP contribution in [0.2, 0.25) is 0 Å². The standard InChI is InChI=1S/C18H22O2P/c1-12-7-6-8-13(2)16(12)17(19)21(20)15-9-10-18(4,5)11-14(15)3/h6-10H,11H2,1-5H3/q+1. The van der Waals surface area contributed by atoms with Gasteiger partial charge in [0.25, 0.3) is 0 Å². The summed E-state index contributed by atoms with van der Waals surface area (Å²) in [4.78, 5) is 12.6. The van der Waals surface area contributed by atoms with E-state index in [1.807, 2.05) is 45.0 Å². The zero-order valence-electron chi connectivity index (χ0n) is 13.4. The van der Waals surface area contributed by atoms with Gasteiger partial charge in [-0.05, 0) is 55.4 Å². The average Bonchev–Trinajstić information content (AvgIpc) is 2.36. The van der Waals surface area contributed by atoms with Crippen molar-refractivity contribution < 1.29 is 9.36 Å². The van der Waals surface area contributed by atoms with Gasteiger partial charge in [-0.15, -0.1) is 0 Å². The molecule has 21 heavy (non-hydrogen) atoms. The summed E-state index contributed by atoms with van der Waals surface area (Å²) in [7, 11) is -2.05. The molecule has 2 rings (SSSR count). The topological polar surface area (TPSA) is 34.1 Å². The molecule has 0 heterocycles. The fourth-order valence-electron chi connectivity index (χ4n) is 2.88. The number of hydrogen-bond acceptors (Lipinski definition) is 2. The molecule has 110 valence electrons. The zero-order valence-corrected chi connectivity index (χ0v) is 14.3. The molecule has 0 fully saturated rings. The molecule has 1 aliphatic carbocycles. The van der Waals surface area contributed by atoms with E-state index in [9.17, 15) is 9.36 Å². The Balaban J connectivity index is 2.38. The molecule has 0 aromatic heterocycles. The lowest BCUT2D eigenvalue weighted by Gasteiger charge is -2.23. The minimum absolute atomic E-state index is 0.0748. The second-order valence-electron chi connectivity index (χ2n) is 6.53. The van der Waals surface area contributed by atoms with Crippen molar-refractivity contribution in [1.29, 1.82) is 0 Å². The van der Waals surface area contributed by atoms with Crippen LogP contribution in [0.25, 0.3) is 0 Å². The van der Waals surface area contributed by atoms with Gasteiger partial charge in [-0.3, -0.25) is 0 Å². The number of hydrogen-bond donors (Lipinski definition) is 0. The highest BCUT2D eigenvalue weighted by Crippen LogP contribution is 2.46. The fraction of sp³-hybridized carbons (Fsp3) is 0.389. The average molecular weight is 301 g/mol.